The highest BCUT2D eigenvalue weighted by Crippen LogP contribution is 2.38. The molecule has 0 N–H and O–H groups in total. The zero-order valence-electron chi connectivity index (χ0n) is 23.7. The molecule has 0 heterocycles. The number of methoxy groups -OCH3 is 1. The molecule has 1 aromatic carbocycles. The molecule has 2 unspecified atom stereocenters. The van der Waals surface area contributed by atoms with Gasteiger partial charge in [0.1, 0.15) is 19.3 Å². The molecular weight excluding hydrogens is 501 g/mol. The highest BCUT2D eigenvalue weighted by Gasteiger charge is 2.16. The second-order valence-electron chi connectivity index (χ2n) is 10.0. The van der Waals surface area contributed by atoms with E-state index in [9.17, 15) is 9.46 Å². The molecule has 0 aliphatic rings. The second-order valence-corrected chi connectivity index (χ2v) is 11.5. The zero-order chi connectivity index (χ0) is 28.0. The number of hydrogen-bond acceptors (Lipinski definition) is 6. The van der Waals surface area contributed by atoms with Crippen LogP contribution in [0.3, 0.4) is 0 Å². The number of phosphoric ester groups is 1. The molecule has 0 bridgehead atoms. The Labute approximate surface area is 230 Å². The van der Waals surface area contributed by atoms with Gasteiger partial charge in [-0.15, -0.1) is 0 Å². The summed E-state index contributed by atoms with van der Waals surface area (Å²) < 4.78 is 33.2. The van der Waals surface area contributed by atoms with Crippen LogP contribution in [0.5, 0.6) is 0 Å². The molecule has 1 rings (SSSR count). The van der Waals surface area contributed by atoms with E-state index >= 15 is 0 Å². The predicted octanol–water partition coefficient (Wildman–Crippen LogP) is 5.95. The first kappa shape index (κ1) is 34.2. The summed E-state index contributed by atoms with van der Waals surface area (Å²) in [7, 11) is 3.05. The quantitative estimate of drug-likeness (QED) is 0.0770. The lowest BCUT2D eigenvalue weighted by Crippen LogP contribution is -2.37. The average Bonchev–Trinajstić information content (AvgIpc) is 2.87. The van der Waals surface area contributed by atoms with Gasteiger partial charge >= 0.3 is 0 Å². The summed E-state index contributed by atoms with van der Waals surface area (Å²) in [5.41, 5.74) is 1.20. The topological polar surface area (TPSA) is 77.1 Å². The minimum absolute atomic E-state index is 0.0806. The molecule has 2 atom stereocenters. The number of rotatable bonds is 22. The summed E-state index contributed by atoms with van der Waals surface area (Å²) in [6, 6.07) is 10.2. The van der Waals surface area contributed by atoms with Gasteiger partial charge in [-0.1, -0.05) is 98.2 Å². The van der Waals surface area contributed by atoms with Crippen LogP contribution in [0.2, 0.25) is 0 Å². The molecule has 8 heteroatoms. The largest absolute Gasteiger partial charge is 0.756 e. The van der Waals surface area contributed by atoms with Gasteiger partial charge in [-0.3, -0.25) is 4.57 Å². The summed E-state index contributed by atoms with van der Waals surface area (Å²) in [5.74, 6) is 0. The molecule has 214 valence electrons. The second kappa shape index (κ2) is 21.0. The van der Waals surface area contributed by atoms with Crippen molar-refractivity contribution in [1.82, 2.24) is 0 Å². The molecule has 0 radical (unpaired) electrons. The number of quaternary nitrogens is 1. The van der Waals surface area contributed by atoms with E-state index < -0.39 is 13.9 Å². The van der Waals surface area contributed by atoms with Crippen LogP contribution in [-0.2, 0) is 23.1 Å². The van der Waals surface area contributed by atoms with Gasteiger partial charge in [-0.05, 0) is 24.8 Å². The molecule has 0 amide bonds. The first-order valence-electron chi connectivity index (χ1n) is 13.4. The molecule has 0 aliphatic carbocycles. The fraction of sp³-hybridized carbons (Fsp3) is 0.533. The molecule has 0 fully saturated rings. The number of nitrogens with zero attached hydrogens (tertiary/aromatic N) is 1. The van der Waals surface area contributed by atoms with Crippen molar-refractivity contribution in [1.29, 1.82) is 0 Å². The lowest BCUT2D eigenvalue weighted by atomic mass is 10.1. The maximum Gasteiger partial charge on any atom is 0.268 e. The Hall–Kier alpha value is -1.83. The van der Waals surface area contributed by atoms with Crippen LogP contribution in [0.4, 0.5) is 0 Å². The Bertz CT molecular complexity index is 876. The third-order valence-corrected chi connectivity index (χ3v) is 6.47. The predicted molar refractivity (Wildman–Crippen MR) is 155 cm³/mol. The SMILES string of the molecule is COC(COCCCCCCC/C=C/C=C/C=C/C=C/c1ccccc1)COP(=O)([O-])OCC[N+](C)(C)C. The van der Waals surface area contributed by atoms with Gasteiger partial charge in [0.2, 0.25) is 0 Å². The number of unbranched alkanes of at least 4 members (excludes halogenated alkanes) is 5. The molecule has 0 aliphatic heterocycles. The molecule has 0 spiro atoms. The smallest absolute Gasteiger partial charge is 0.268 e. The molecule has 0 saturated heterocycles. The average molecular weight is 550 g/mol. The van der Waals surface area contributed by atoms with E-state index in [0.29, 0.717) is 17.6 Å². The molecule has 7 nitrogen and oxygen atoms in total. The van der Waals surface area contributed by atoms with Gasteiger partial charge in [0.15, 0.2) is 0 Å². The fourth-order valence-corrected chi connectivity index (χ4v) is 3.92. The molecule has 1 aromatic rings. The van der Waals surface area contributed by atoms with Gasteiger partial charge in [-0.2, -0.15) is 0 Å². The van der Waals surface area contributed by atoms with Crippen LogP contribution in [0.25, 0.3) is 6.08 Å². The standard InChI is InChI=1S/C30H48NO6P/c1-31(2,3)24-26-36-38(32,33)37-28-30(34-4)27-35-25-20-15-13-11-9-7-5-6-8-10-12-14-17-21-29-22-18-16-19-23-29/h5-6,8,10,12,14,16-19,21-23,30H,7,9,11,13,15,20,24-28H2,1-4H3/b6-5+,10-8+,14-12+,21-17+. The van der Waals surface area contributed by atoms with Crippen molar-refractivity contribution >= 4 is 13.9 Å². The fourth-order valence-electron chi connectivity index (χ4n) is 3.20. The van der Waals surface area contributed by atoms with Gasteiger partial charge in [0.05, 0.1) is 34.4 Å². The normalized spacial score (nSPS) is 15.3. The minimum Gasteiger partial charge on any atom is -0.756 e. The minimum atomic E-state index is -4.34. The molecule has 0 saturated carbocycles. The zero-order valence-corrected chi connectivity index (χ0v) is 24.6. The summed E-state index contributed by atoms with van der Waals surface area (Å²) in [5, 5.41) is 0. The van der Waals surface area contributed by atoms with Crippen LogP contribution >= 0.6 is 7.82 Å². The van der Waals surface area contributed by atoms with Crippen LogP contribution in [0, 0.1) is 0 Å². The van der Waals surface area contributed by atoms with Gasteiger partial charge in [0.25, 0.3) is 7.82 Å². The highest BCUT2D eigenvalue weighted by molar-refractivity contribution is 7.45. The van der Waals surface area contributed by atoms with E-state index in [0.717, 1.165) is 19.3 Å². The van der Waals surface area contributed by atoms with E-state index in [1.807, 2.05) is 63.6 Å². The number of allylic oxidation sites excluding steroid dienone is 7. The molecule has 0 aromatic heterocycles. The van der Waals surface area contributed by atoms with Gasteiger partial charge < -0.3 is 27.9 Å². The van der Waals surface area contributed by atoms with Crippen LogP contribution in [0.15, 0.2) is 72.9 Å². The van der Waals surface area contributed by atoms with E-state index in [1.54, 1.807) is 0 Å². The number of likely N-dealkylation sites (N-methyl/N-ethyl adjacent to an activating group) is 1. The third kappa shape index (κ3) is 21.1. The summed E-state index contributed by atoms with van der Waals surface area (Å²) in [6.07, 6.45) is 22.8. The van der Waals surface area contributed by atoms with Crippen molar-refractivity contribution in [2.75, 3.05) is 61.2 Å². The lowest BCUT2D eigenvalue weighted by molar-refractivity contribution is -0.870. The highest BCUT2D eigenvalue weighted by atomic mass is 31.2. The maximum atomic E-state index is 11.9. The third-order valence-electron chi connectivity index (χ3n) is 5.51. The van der Waals surface area contributed by atoms with E-state index in [4.69, 9.17) is 18.5 Å². The van der Waals surface area contributed by atoms with Crippen molar-refractivity contribution in [2.24, 2.45) is 0 Å². The van der Waals surface area contributed by atoms with E-state index in [-0.39, 0.29) is 19.8 Å². The van der Waals surface area contributed by atoms with E-state index in [1.165, 1.54) is 31.9 Å². The van der Waals surface area contributed by atoms with Crippen LogP contribution < -0.4 is 4.89 Å². The van der Waals surface area contributed by atoms with E-state index in [2.05, 4.69) is 36.4 Å². The van der Waals surface area contributed by atoms with Gasteiger partial charge in [0, 0.05) is 13.7 Å². The van der Waals surface area contributed by atoms with Crippen molar-refractivity contribution in [3.63, 3.8) is 0 Å². The Morgan fingerprint density at radius 2 is 1.50 bits per heavy atom. The monoisotopic (exact) mass is 549 g/mol. The van der Waals surface area contributed by atoms with Crippen LogP contribution in [-0.4, -0.2) is 71.8 Å². The Kier molecular flexibility index (Phi) is 18.9. The number of hydrogen-bond donors (Lipinski definition) is 0. The Morgan fingerprint density at radius 1 is 0.842 bits per heavy atom. The van der Waals surface area contributed by atoms with Crippen molar-refractivity contribution in [2.45, 2.75) is 44.6 Å². The summed E-state index contributed by atoms with van der Waals surface area (Å²) >= 11 is 0. The van der Waals surface area contributed by atoms with Crippen molar-refractivity contribution in [3.05, 3.63) is 78.4 Å². The van der Waals surface area contributed by atoms with Gasteiger partial charge in [-0.25, -0.2) is 0 Å². The first-order valence-corrected chi connectivity index (χ1v) is 14.9. The number of ether oxygens (including phenoxy) is 2. The summed E-state index contributed by atoms with van der Waals surface area (Å²) in [4.78, 5) is 11.9. The molecular formula is C30H48NO6P. The Balaban J connectivity index is 1.99. The number of benzene rings is 1. The first-order chi connectivity index (χ1) is 18.2. The number of phosphoric acid groups is 1. The Morgan fingerprint density at radius 3 is 2.21 bits per heavy atom. The molecule has 38 heavy (non-hydrogen) atoms. The van der Waals surface area contributed by atoms with Crippen molar-refractivity contribution in [3.8, 4) is 0 Å². The van der Waals surface area contributed by atoms with Crippen molar-refractivity contribution < 1.29 is 32.5 Å². The summed E-state index contributed by atoms with van der Waals surface area (Å²) in [6.45, 7) is 1.43. The lowest BCUT2D eigenvalue weighted by Gasteiger charge is -2.28. The van der Waals surface area contributed by atoms with Crippen LogP contribution in [0.1, 0.15) is 44.1 Å². The maximum absolute atomic E-state index is 11.9.